The van der Waals surface area contributed by atoms with E-state index >= 15 is 0 Å². The molecule has 24 heavy (non-hydrogen) atoms. The van der Waals surface area contributed by atoms with Crippen molar-refractivity contribution >= 4 is 34.4 Å². The van der Waals surface area contributed by atoms with Gasteiger partial charge in [-0.2, -0.15) is 0 Å². The third kappa shape index (κ3) is 4.56. The lowest BCUT2D eigenvalue weighted by Gasteiger charge is -2.21. The Morgan fingerprint density at radius 3 is 1.88 bits per heavy atom. The summed E-state index contributed by atoms with van der Waals surface area (Å²) in [5.74, 6) is -0.00814. The predicted molar refractivity (Wildman–Crippen MR) is 104 cm³/mol. The van der Waals surface area contributed by atoms with E-state index in [4.69, 9.17) is 0 Å². The van der Waals surface area contributed by atoms with E-state index in [1.165, 1.54) is 0 Å². The Bertz CT molecular complexity index is 709. The molecular weight excluding hydrogens is 415 g/mol. The van der Waals surface area contributed by atoms with Crippen molar-refractivity contribution in [3.63, 3.8) is 0 Å². The van der Waals surface area contributed by atoms with Crippen molar-refractivity contribution in [3.8, 4) is 0 Å². The summed E-state index contributed by atoms with van der Waals surface area (Å²) in [5.41, 5.74) is 2.35. The van der Waals surface area contributed by atoms with Crippen molar-refractivity contribution in [1.82, 2.24) is 9.80 Å². The third-order valence-corrected chi connectivity index (χ3v) is 4.46. The van der Waals surface area contributed by atoms with Gasteiger partial charge < -0.3 is 9.80 Å². The van der Waals surface area contributed by atoms with Gasteiger partial charge in [-0.1, -0.05) is 12.1 Å². The molecular formula is C19H21IN2O2. The SMILES string of the molecule is CCN(Cc1ccc(C(=O)N(C)C)cc1)C(=O)c1ccc(I)cc1. The summed E-state index contributed by atoms with van der Waals surface area (Å²) < 4.78 is 1.10. The number of rotatable bonds is 5. The first-order valence-electron chi connectivity index (χ1n) is 7.77. The lowest BCUT2D eigenvalue weighted by atomic mass is 10.1. The maximum absolute atomic E-state index is 12.6. The summed E-state index contributed by atoms with van der Waals surface area (Å²) >= 11 is 2.22. The van der Waals surface area contributed by atoms with Crippen LogP contribution >= 0.6 is 22.6 Å². The largest absolute Gasteiger partial charge is 0.345 e. The summed E-state index contributed by atoms with van der Waals surface area (Å²) in [7, 11) is 3.46. The minimum atomic E-state index is -0.0242. The van der Waals surface area contributed by atoms with Crippen LogP contribution in [0.2, 0.25) is 0 Å². The van der Waals surface area contributed by atoms with Crippen LogP contribution in [-0.2, 0) is 6.54 Å². The van der Waals surface area contributed by atoms with Crippen LogP contribution < -0.4 is 0 Å². The molecule has 0 radical (unpaired) electrons. The fourth-order valence-corrected chi connectivity index (χ4v) is 2.69. The van der Waals surface area contributed by atoms with Crippen molar-refractivity contribution in [2.24, 2.45) is 0 Å². The smallest absolute Gasteiger partial charge is 0.254 e. The molecule has 0 fully saturated rings. The van der Waals surface area contributed by atoms with Gasteiger partial charge in [0.15, 0.2) is 0 Å². The van der Waals surface area contributed by atoms with Crippen LogP contribution in [0.1, 0.15) is 33.2 Å². The van der Waals surface area contributed by atoms with E-state index in [0.717, 1.165) is 9.13 Å². The second-order valence-electron chi connectivity index (χ2n) is 5.72. The molecule has 0 bridgehead atoms. The van der Waals surface area contributed by atoms with Crippen molar-refractivity contribution in [1.29, 1.82) is 0 Å². The Morgan fingerprint density at radius 1 is 0.875 bits per heavy atom. The lowest BCUT2D eigenvalue weighted by molar-refractivity contribution is 0.0751. The number of carbonyl (C=O) groups is 2. The molecule has 0 spiro atoms. The Morgan fingerprint density at radius 2 is 1.38 bits per heavy atom. The van der Waals surface area contributed by atoms with E-state index in [9.17, 15) is 9.59 Å². The molecule has 0 N–H and O–H groups in total. The van der Waals surface area contributed by atoms with Crippen LogP contribution in [0, 0.1) is 3.57 Å². The van der Waals surface area contributed by atoms with Gasteiger partial charge in [0.1, 0.15) is 0 Å². The highest BCUT2D eigenvalue weighted by molar-refractivity contribution is 14.1. The molecule has 2 aromatic carbocycles. The lowest BCUT2D eigenvalue weighted by Crippen LogP contribution is -2.30. The standard InChI is InChI=1S/C19H21IN2O2/c1-4-22(19(24)16-9-11-17(20)12-10-16)13-14-5-7-15(8-6-14)18(23)21(2)3/h5-12H,4,13H2,1-3H3. The van der Waals surface area contributed by atoms with Gasteiger partial charge in [0.2, 0.25) is 0 Å². The minimum absolute atomic E-state index is 0.0161. The first-order valence-corrected chi connectivity index (χ1v) is 8.85. The van der Waals surface area contributed by atoms with Crippen molar-refractivity contribution in [2.45, 2.75) is 13.5 Å². The van der Waals surface area contributed by atoms with Gasteiger partial charge in [0, 0.05) is 41.9 Å². The molecule has 0 aliphatic carbocycles. The van der Waals surface area contributed by atoms with E-state index < -0.39 is 0 Å². The van der Waals surface area contributed by atoms with E-state index in [0.29, 0.717) is 24.2 Å². The molecule has 0 saturated heterocycles. The number of benzene rings is 2. The van der Waals surface area contributed by atoms with Gasteiger partial charge in [0.25, 0.3) is 11.8 Å². The maximum Gasteiger partial charge on any atom is 0.254 e. The van der Waals surface area contributed by atoms with Crippen LogP contribution in [0.25, 0.3) is 0 Å². The van der Waals surface area contributed by atoms with Gasteiger partial charge in [-0.15, -0.1) is 0 Å². The minimum Gasteiger partial charge on any atom is -0.345 e. The third-order valence-electron chi connectivity index (χ3n) is 3.74. The number of hydrogen-bond donors (Lipinski definition) is 0. The maximum atomic E-state index is 12.6. The fourth-order valence-electron chi connectivity index (χ4n) is 2.33. The molecule has 2 rings (SSSR count). The highest BCUT2D eigenvalue weighted by atomic mass is 127. The van der Waals surface area contributed by atoms with Gasteiger partial charge in [-0.3, -0.25) is 9.59 Å². The molecule has 0 aliphatic rings. The van der Waals surface area contributed by atoms with Gasteiger partial charge in [0.05, 0.1) is 0 Å². The summed E-state index contributed by atoms with van der Waals surface area (Å²) in [6, 6.07) is 15.0. The average molecular weight is 436 g/mol. The number of amides is 2. The van der Waals surface area contributed by atoms with Gasteiger partial charge >= 0.3 is 0 Å². The molecule has 0 atom stereocenters. The molecule has 0 aromatic heterocycles. The van der Waals surface area contributed by atoms with Crippen LogP contribution in [0.4, 0.5) is 0 Å². The summed E-state index contributed by atoms with van der Waals surface area (Å²) in [6.45, 7) is 3.12. The monoisotopic (exact) mass is 436 g/mol. The quantitative estimate of drug-likeness (QED) is 0.672. The van der Waals surface area contributed by atoms with E-state index in [2.05, 4.69) is 22.6 Å². The molecule has 5 heteroatoms. The molecule has 0 saturated carbocycles. The Labute approximate surface area is 156 Å². The van der Waals surface area contributed by atoms with Gasteiger partial charge in [-0.05, 0) is 71.5 Å². The molecule has 2 amide bonds. The number of nitrogens with zero attached hydrogens (tertiary/aromatic N) is 2. The zero-order chi connectivity index (χ0) is 17.7. The normalized spacial score (nSPS) is 10.3. The summed E-state index contributed by atoms with van der Waals surface area (Å²) in [5, 5.41) is 0. The van der Waals surface area contributed by atoms with Crippen molar-refractivity contribution in [3.05, 3.63) is 68.8 Å². The zero-order valence-corrected chi connectivity index (χ0v) is 16.3. The van der Waals surface area contributed by atoms with E-state index in [1.54, 1.807) is 36.0 Å². The first kappa shape index (κ1) is 18.4. The van der Waals surface area contributed by atoms with Crippen LogP contribution in [0.15, 0.2) is 48.5 Å². The van der Waals surface area contributed by atoms with Crippen molar-refractivity contribution in [2.75, 3.05) is 20.6 Å². The van der Waals surface area contributed by atoms with E-state index in [-0.39, 0.29) is 11.8 Å². The van der Waals surface area contributed by atoms with Crippen LogP contribution in [0.5, 0.6) is 0 Å². The van der Waals surface area contributed by atoms with Crippen LogP contribution in [0.3, 0.4) is 0 Å². The topological polar surface area (TPSA) is 40.6 Å². The second-order valence-corrected chi connectivity index (χ2v) is 6.97. The van der Waals surface area contributed by atoms with E-state index in [1.807, 2.05) is 43.3 Å². The number of halogens is 1. The molecule has 0 aliphatic heterocycles. The Hall–Kier alpha value is -1.89. The van der Waals surface area contributed by atoms with Crippen molar-refractivity contribution < 1.29 is 9.59 Å². The summed E-state index contributed by atoms with van der Waals surface area (Å²) in [6.07, 6.45) is 0. The zero-order valence-electron chi connectivity index (χ0n) is 14.1. The fraction of sp³-hybridized carbons (Fsp3) is 0.263. The Balaban J connectivity index is 2.11. The summed E-state index contributed by atoms with van der Waals surface area (Å²) in [4.78, 5) is 27.9. The first-order chi connectivity index (χ1) is 11.4. The second kappa shape index (κ2) is 8.28. The Kier molecular flexibility index (Phi) is 6.36. The molecule has 0 unspecified atom stereocenters. The predicted octanol–water partition coefficient (Wildman–Crippen LogP) is 3.66. The van der Waals surface area contributed by atoms with Gasteiger partial charge in [-0.25, -0.2) is 0 Å². The highest BCUT2D eigenvalue weighted by Crippen LogP contribution is 2.13. The molecule has 4 nitrogen and oxygen atoms in total. The molecule has 126 valence electrons. The molecule has 0 heterocycles. The van der Waals surface area contributed by atoms with Crippen LogP contribution in [-0.4, -0.2) is 42.3 Å². The average Bonchev–Trinajstić information content (AvgIpc) is 2.59. The number of hydrogen-bond acceptors (Lipinski definition) is 2. The number of carbonyl (C=O) groups excluding carboxylic acids is 2. The molecule has 2 aromatic rings. The highest BCUT2D eigenvalue weighted by Gasteiger charge is 2.15.